The van der Waals surface area contributed by atoms with Gasteiger partial charge in [0, 0.05) is 44.4 Å². The summed E-state index contributed by atoms with van der Waals surface area (Å²) in [5.74, 6) is 0.362. The van der Waals surface area contributed by atoms with Gasteiger partial charge in [-0.05, 0) is 137 Å². The quantitative estimate of drug-likeness (QED) is 0.120. The molecule has 2 nitrogen and oxygen atoms in total. The van der Waals surface area contributed by atoms with E-state index in [1.807, 2.05) is 0 Å². The highest BCUT2D eigenvalue weighted by Gasteiger charge is 2.44. The molecule has 3 heteroatoms. The van der Waals surface area contributed by atoms with Gasteiger partial charge in [0.05, 0.1) is 0 Å². The number of nitrogens with zero attached hydrogens (tertiary/aromatic N) is 2. The summed E-state index contributed by atoms with van der Waals surface area (Å²) < 4.78 is 2.72. The molecule has 0 unspecified atom stereocenters. The van der Waals surface area contributed by atoms with Gasteiger partial charge in [-0.25, -0.2) is 0 Å². The Bertz CT molecular complexity index is 3780. The highest BCUT2D eigenvalue weighted by Crippen LogP contribution is 2.50. The highest BCUT2D eigenvalue weighted by molar-refractivity contribution is 6.90. The molecule has 0 bridgehead atoms. The summed E-state index contributed by atoms with van der Waals surface area (Å²) >= 11 is 0. The molecule has 0 atom stereocenters. The molecule has 0 N–H and O–H groups in total. The Kier molecular flexibility index (Phi) is 8.62. The molecule has 0 amide bonds. The van der Waals surface area contributed by atoms with Crippen LogP contribution >= 0.6 is 0 Å². The molecule has 66 heavy (non-hydrogen) atoms. The Morgan fingerprint density at radius 1 is 0.500 bits per heavy atom. The Morgan fingerprint density at radius 2 is 1.09 bits per heavy atom. The molecule has 0 saturated heterocycles. The molecule has 0 radical (unpaired) electrons. The van der Waals surface area contributed by atoms with Crippen molar-refractivity contribution >= 4 is 89.0 Å². The molecule has 0 aliphatic carbocycles. The van der Waals surface area contributed by atoms with Gasteiger partial charge in [-0.15, -0.1) is 0 Å². The molecule has 316 valence electrons. The smallest absolute Gasteiger partial charge is 0.333 e. The van der Waals surface area contributed by atoms with Gasteiger partial charge in [0.15, 0.2) is 0 Å². The first-order chi connectivity index (χ1) is 32.2. The minimum absolute atomic E-state index is 0.0459. The molecule has 2 aliphatic heterocycles. The van der Waals surface area contributed by atoms with Crippen molar-refractivity contribution in [3.05, 3.63) is 221 Å². The van der Waals surface area contributed by atoms with Crippen LogP contribution in [0.5, 0.6) is 0 Å². The van der Waals surface area contributed by atoms with Crippen molar-refractivity contribution in [1.82, 2.24) is 4.48 Å². The van der Waals surface area contributed by atoms with Crippen LogP contribution < -0.4 is 15.8 Å². The first kappa shape index (κ1) is 39.0. The molecule has 10 aromatic carbocycles. The summed E-state index contributed by atoms with van der Waals surface area (Å²) in [4.78, 5) is 2.67. The molecule has 13 rings (SSSR count). The van der Waals surface area contributed by atoms with Crippen molar-refractivity contribution in [2.24, 2.45) is 0 Å². The third-order valence-corrected chi connectivity index (χ3v) is 14.9. The number of hydrogen-bond donors (Lipinski definition) is 0. The Hall–Kier alpha value is -7.36. The van der Waals surface area contributed by atoms with Crippen LogP contribution in [0.1, 0.15) is 73.9 Å². The summed E-state index contributed by atoms with van der Waals surface area (Å²) in [5, 5.41) is 10.5. The van der Waals surface area contributed by atoms with Gasteiger partial charge in [-0.2, -0.15) is 0 Å². The number of benzene rings is 10. The summed E-state index contributed by atoms with van der Waals surface area (Å²) in [7, 11) is 0. The van der Waals surface area contributed by atoms with E-state index in [1.165, 1.54) is 127 Å². The van der Waals surface area contributed by atoms with Crippen molar-refractivity contribution in [2.45, 2.75) is 58.8 Å². The number of fused-ring (bicyclic) bond motifs is 11. The third-order valence-electron chi connectivity index (χ3n) is 14.9. The fourth-order valence-corrected chi connectivity index (χ4v) is 11.8. The van der Waals surface area contributed by atoms with Crippen LogP contribution in [0.2, 0.25) is 0 Å². The topological polar surface area (TPSA) is 8.17 Å². The van der Waals surface area contributed by atoms with Gasteiger partial charge in [-0.1, -0.05) is 192 Å². The zero-order chi connectivity index (χ0) is 44.4. The average molecular weight is 847 g/mol. The SMILES string of the molecule is CC(C)c1cc(N2c3cc4c(Cc5ccccc5)c5ccccc5c(Cc5ccccc5)c4cc3B3c4c2cc2ccccc2c4-c2cccc4c5ccccc5n3c24)cc(C(C)(C)C)c1. The lowest BCUT2D eigenvalue weighted by Gasteiger charge is -2.42. The van der Waals surface area contributed by atoms with Gasteiger partial charge in [0.25, 0.3) is 0 Å². The van der Waals surface area contributed by atoms with E-state index in [9.17, 15) is 0 Å². The maximum Gasteiger partial charge on any atom is 0.333 e. The molecule has 3 heterocycles. The van der Waals surface area contributed by atoms with Gasteiger partial charge in [0.2, 0.25) is 0 Å². The summed E-state index contributed by atoms with van der Waals surface area (Å²) in [5.41, 5.74) is 19.8. The molecule has 11 aromatic rings. The monoisotopic (exact) mass is 846 g/mol. The Morgan fingerprint density at radius 3 is 1.76 bits per heavy atom. The van der Waals surface area contributed by atoms with Crippen molar-refractivity contribution in [2.75, 3.05) is 4.90 Å². The summed E-state index contributed by atoms with van der Waals surface area (Å²) in [6, 6.07) is 71.8. The van der Waals surface area contributed by atoms with Crippen molar-refractivity contribution < 1.29 is 0 Å². The van der Waals surface area contributed by atoms with Gasteiger partial charge in [-0.3, -0.25) is 0 Å². The number of para-hydroxylation sites is 2. The molecular formula is C63H51BN2. The van der Waals surface area contributed by atoms with Crippen LogP contribution in [-0.4, -0.2) is 11.3 Å². The zero-order valence-corrected chi connectivity index (χ0v) is 38.4. The number of anilines is 3. The molecule has 0 spiro atoms. The van der Waals surface area contributed by atoms with E-state index < -0.39 is 0 Å². The molecule has 2 aliphatic rings. The fourth-order valence-electron chi connectivity index (χ4n) is 11.8. The van der Waals surface area contributed by atoms with E-state index >= 15 is 0 Å². The standard InChI is InChI=1S/C63H51BN2/c1-39(2)43-33-44(63(3,4)5)36-45(34-43)65-58-38-55-53(32-41-21-10-7-11-22-41)48-26-15-14-25-47(48)52(31-40-19-8-6-9-20-40)54(55)37-56(58)64-61-59(65)35-42-23-12-13-24-46(42)60(61)51-29-18-28-50-49-27-16-17-30-57(49)66(64)62(50)51/h6-30,33-39H,31-32H2,1-5H3. The Labute approximate surface area is 387 Å². The normalized spacial score (nSPS) is 13.1. The van der Waals surface area contributed by atoms with E-state index in [1.54, 1.807) is 0 Å². The van der Waals surface area contributed by atoms with Gasteiger partial charge in [0.1, 0.15) is 0 Å². The first-order valence-electron chi connectivity index (χ1n) is 23.8. The molecule has 0 saturated carbocycles. The maximum absolute atomic E-state index is 2.72. The van der Waals surface area contributed by atoms with Gasteiger partial charge < -0.3 is 9.38 Å². The lowest BCUT2D eigenvalue weighted by atomic mass is 9.44. The summed E-state index contributed by atoms with van der Waals surface area (Å²) in [6.45, 7) is 11.7. The zero-order valence-electron chi connectivity index (χ0n) is 38.4. The number of aromatic nitrogens is 1. The lowest BCUT2D eigenvalue weighted by Crippen LogP contribution is -2.56. The van der Waals surface area contributed by atoms with E-state index in [-0.39, 0.29) is 12.3 Å². The molecule has 0 fully saturated rings. The van der Waals surface area contributed by atoms with Crippen LogP contribution in [-0.2, 0) is 18.3 Å². The lowest BCUT2D eigenvalue weighted by molar-refractivity contribution is 0.588. The van der Waals surface area contributed by atoms with E-state index in [0.717, 1.165) is 12.8 Å². The van der Waals surface area contributed by atoms with Crippen LogP contribution in [0.4, 0.5) is 17.1 Å². The van der Waals surface area contributed by atoms with Crippen molar-refractivity contribution in [3.8, 4) is 11.1 Å². The average Bonchev–Trinajstić information content (AvgIpc) is 3.68. The number of rotatable bonds is 6. The largest absolute Gasteiger partial charge is 0.375 e. The van der Waals surface area contributed by atoms with Crippen LogP contribution in [0.25, 0.3) is 65.3 Å². The first-order valence-corrected chi connectivity index (χ1v) is 23.8. The van der Waals surface area contributed by atoms with Crippen LogP contribution in [0, 0.1) is 0 Å². The minimum Gasteiger partial charge on any atom is -0.375 e. The second-order valence-corrected chi connectivity index (χ2v) is 20.2. The fraction of sp³-hybridized carbons (Fsp3) is 0.143. The molecular weight excluding hydrogens is 796 g/mol. The van der Waals surface area contributed by atoms with Gasteiger partial charge >= 0.3 is 6.85 Å². The van der Waals surface area contributed by atoms with Crippen LogP contribution in [0.3, 0.4) is 0 Å². The van der Waals surface area contributed by atoms with E-state index in [4.69, 9.17) is 0 Å². The predicted molar refractivity (Wildman–Crippen MR) is 284 cm³/mol. The second kappa shape index (κ2) is 14.6. The number of hydrogen-bond acceptors (Lipinski definition) is 1. The van der Waals surface area contributed by atoms with Crippen molar-refractivity contribution in [1.29, 1.82) is 0 Å². The van der Waals surface area contributed by atoms with E-state index in [0.29, 0.717) is 5.92 Å². The Balaban J connectivity index is 1.24. The minimum atomic E-state index is -0.0726. The second-order valence-electron chi connectivity index (χ2n) is 20.2. The third kappa shape index (κ3) is 5.82. The van der Waals surface area contributed by atoms with Crippen molar-refractivity contribution in [3.63, 3.8) is 0 Å². The van der Waals surface area contributed by atoms with Crippen LogP contribution in [0.15, 0.2) is 188 Å². The highest BCUT2D eigenvalue weighted by atomic mass is 15.2. The molecule has 1 aromatic heterocycles. The maximum atomic E-state index is 2.72. The van der Waals surface area contributed by atoms with E-state index in [2.05, 4.69) is 232 Å². The predicted octanol–water partition coefficient (Wildman–Crippen LogP) is 15.3. The summed E-state index contributed by atoms with van der Waals surface area (Å²) in [6.07, 6.45) is 1.68.